The van der Waals surface area contributed by atoms with E-state index in [1.54, 1.807) is 0 Å². The number of hydrogen-bond donors (Lipinski definition) is 1. The van der Waals surface area contributed by atoms with Gasteiger partial charge in [0.2, 0.25) is 0 Å². The van der Waals surface area contributed by atoms with Crippen molar-refractivity contribution >= 4 is 0 Å². The molecule has 1 rings (SSSR count). The molecule has 0 bridgehead atoms. The Hall–Kier alpha value is -0.820. The highest BCUT2D eigenvalue weighted by Gasteiger charge is 2.16. The van der Waals surface area contributed by atoms with E-state index in [9.17, 15) is 5.11 Å². The zero-order valence-corrected chi connectivity index (χ0v) is 9.54. The van der Waals surface area contributed by atoms with E-state index < -0.39 is 0 Å². The summed E-state index contributed by atoms with van der Waals surface area (Å²) in [5, 5.41) is 9.37. The highest BCUT2D eigenvalue weighted by atomic mass is 16.3. The SMILES string of the molecule is Cc1ccc(C)c(C(CO)C(C)C)c1. The minimum atomic E-state index is 0.238. The predicted octanol–water partition coefficient (Wildman–Crippen LogP) is 3.04. The first-order valence-electron chi connectivity index (χ1n) is 5.24. The molecule has 1 N–H and O–H groups in total. The summed E-state index contributed by atoms with van der Waals surface area (Å²) in [6, 6.07) is 6.44. The van der Waals surface area contributed by atoms with E-state index in [2.05, 4.69) is 45.9 Å². The van der Waals surface area contributed by atoms with Crippen LogP contribution in [0.5, 0.6) is 0 Å². The van der Waals surface area contributed by atoms with Crippen LogP contribution in [0.2, 0.25) is 0 Å². The number of aliphatic hydroxyl groups excluding tert-OH is 1. The van der Waals surface area contributed by atoms with E-state index in [4.69, 9.17) is 0 Å². The van der Waals surface area contributed by atoms with E-state index in [1.807, 2.05) is 0 Å². The molecule has 14 heavy (non-hydrogen) atoms. The van der Waals surface area contributed by atoms with Gasteiger partial charge in [-0.2, -0.15) is 0 Å². The minimum Gasteiger partial charge on any atom is -0.396 e. The van der Waals surface area contributed by atoms with Crippen LogP contribution in [0.25, 0.3) is 0 Å². The second kappa shape index (κ2) is 4.61. The summed E-state index contributed by atoms with van der Waals surface area (Å²) in [5.41, 5.74) is 3.84. The Kier molecular flexibility index (Phi) is 3.70. The van der Waals surface area contributed by atoms with Crippen LogP contribution < -0.4 is 0 Å². The van der Waals surface area contributed by atoms with Crippen molar-refractivity contribution in [3.8, 4) is 0 Å². The van der Waals surface area contributed by atoms with Gasteiger partial charge in [-0.3, -0.25) is 0 Å². The summed E-state index contributed by atoms with van der Waals surface area (Å²) in [6.07, 6.45) is 0. The van der Waals surface area contributed by atoms with Gasteiger partial charge in [-0.05, 0) is 30.9 Å². The zero-order chi connectivity index (χ0) is 10.7. The van der Waals surface area contributed by atoms with Crippen molar-refractivity contribution in [3.05, 3.63) is 34.9 Å². The van der Waals surface area contributed by atoms with Crippen molar-refractivity contribution in [2.75, 3.05) is 6.61 Å². The Balaban J connectivity index is 3.08. The molecule has 0 aliphatic carbocycles. The van der Waals surface area contributed by atoms with Gasteiger partial charge in [0.05, 0.1) is 6.61 Å². The summed E-state index contributed by atoms with van der Waals surface area (Å²) < 4.78 is 0. The average Bonchev–Trinajstić information content (AvgIpc) is 2.11. The topological polar surface area (TPSA) is 20.2 Å². The number of hydrogen-bond acceptors (Lipinski definition) is 1. The van der Waals surface area contributed by atoms with E-state index >= 15 is 0 Å². The van der Waals surface area contributed by atoms with Crippen LogP contribution in [0.15, 0.2) is 18.2 Å². The lowest BCUT2D eigenvalue weighted by molar-refractivity contribution is 0.237. The molecule has 1 unspecified atom stereocenters. The van der Waals surface area contributed by atoms with Crippen LogP contribution >= 0.6 is 0 Å². The Bertz CT molecular complexity index is 302. The molecule has 0 saturated carbocycles. The number of benzene rings is 1. The van der Waals surface area contributed by atoms with Gasteiger partial charge in [0.25, 0.3) is 0 Å². The first kappa shape index (κ1) is 11.3. The molecule has 1 aromatic rings. The van der Waals surface area contributed by atoms with Crippen molar-refractivity contribution in [3.63, 3.8) is 0 Å². The third-order valence-electron chi connectivity index (χ3n) is 2.84. The second-order valence-electron chi connectivity index (χ2n) is 4.39. The normalized spacial score (nSPS) is 13.3. The molecule has 78 valence electrons. The Morgan fingerprint density at radius 1 is 1.21 bits per heavy atom. The lowest BCUT2D eigenvalue weighted by Gasteiger charge is -2.21. The first-order chi connectivity index (χ1) is 6.56. The highest BCUT2D eigenvalue weighted by molar-refractivity contribution is 5.33. The van der Waals surface area contributed by atoms with Gasteiger partial charge in [-0.25, -0.2) is 0 Å². The summed E-state index contributed by atoms with van der Waals surface area (Å²) in [5.74, 6) is 0.760. The molecule has 0 amide bonds. The monoisotopic (exact) mass is 192 g/mol. The maximum absolute atomic E-state index is 9.37. The molecule has 1 nitrogen and oxygen atoms in total. The number of aliphatic hydroxyl groups is 1. The molecule has 0 radical (unpaired) electrons. The van der Waals surface area contributed by atoms with Gasteiger partial charge in [-0.1, -0.05) is 37.6 Å². The molecule has 0 saturated heterocycles. The van der Waals surface area contributed by atoms with Gasteiger partial charge in [-0.15, -0.1) is 0 Å². The summed E-state index contributed by atoms with van der Waals surface area (Å²) in [6.45, 7) is 8.75. The average molecular weight is 192 g/mol. The van der Waals surface area contributed by atoms with Crippen LogP contribution in [-0.4, -0.2) is 11.7 Å². The minimum absolute atomic E-state index is 0.238. The number of aryl methyl sites for hydroxylation is 2. The van der Waals surface area contributed by atoms with Gasteiger partial charge < -0.3 is 5.11 Å². The van der Waals surface area contributed by atoms with Crippen molar-refractivity contribution in [2.24, 2.45) is 5.92 Å². The fourth-order valence-electron chi connectivity index (χ4n) is 1.83. The van der Waals surface area contributed by atoms with Crippen LogP contribution in [0.1, 0.15) is 36.5 Å². The first-order valence-corrected chi connectivity index (χ1v) is 5.24. The molecule has 0 spiro atoms. The maximum Gasteiger partial charge on any atom is 0.0502 e. The molecule has 1 aromatic carbocycles. The molecule has 1 heteroatoms. The van der Waals surface area contributed by atoms with E-state index in [-0.39, 0.29) is 12.5 Å². The van der Waals surface area contributed by atoms with Gasteiger partial charge >= 0.3 is 0 Å². The summed E-state index contributed by atoms with van der Waals surface area (Å²) >= 11 is 0. The third-order valence-corrected chi connectivity index (χ3v) is 2.84. The van der Waals surface area contributed by atoms with Crippen molar-refractivity contribution in [1.82, 2.24) is 0 Å². The molecule has 0 aliphatic rings. The van der Waals surface area contributed by atoms with Crippen molar-refractivity contribution in [2.45, 2.75) is 33.6 Å². The van der Waals surface area contributed by atoms with Crippen LogP contribution in [0.3, 0.4) is 0 Å². The second-order valence-corrected chi connectivity index (χ2v) is 4.39. The van der Waals surface area contributed by atoms with Crippen molar-refractivity contribution < 1.29 is 5.11 Å². The van der Waals surface area contributed by atoms with Crippen molar-refractivity contribution in [1.29, 1.82) is 0 Å². The van der Waals surface area contributed by atoms with Crippen LogP contribution in [-0.2, 0) is 0 Å². The lowest BCUT2D eigenvalue weighted by atomic mass is 9.86. The van der Waals surface area contributed by atoms with Gasteiger partial charge in [0.1, 0.15) is 0 Å². The third kappa shape index (κ3) is 2.36. The lowest BCUT2D eigenvalue weighted by Crippen LogP contribution is -2.12. The maximum atomic E-state index is 9.37. The standard InChI is InChI=1S/C13H20O/c1-9(2)13(8-14)12-7-10(3)5-6-11(12)4/h5-7,9,13-14H,8H2,1-4H3. The van der Waals surface area contributed by atoms with Gasteiger partial charge in [0, 0.05) is 5.92 Å². The van der Waals surface area contributed by atoms with E-state index in [0.717, 1.165) is 0 Å². The molecular formula is C13H20O. The summed E-state index contributed by atoms with van der Waals surface area (Å²) in [7, 11) is 0. The smallest absolute Gasteiger partial charge is 0.0502 e. The summed E-state index contributed by atoms with van der Waals surface area (Å²) in [4.78, 5) is 0. The molecular weight excluding hydrogens is 172 g/mol. The highest BCUT2D eigenvalue weighted by Crippen LogP contribution is 2.27. The molecule has 0 heterocycles. The quantitative estimate of drug-likeness (QED) is 0.780. The predicted molar refractivity (Wildman–Crippen MR) is 60.6 cm³/mol. The Morgan fingerprint density at radius 3 is 2.36 bits per heavy atom. The largest absolute Gasteiger partial charge is 0.396 e. The van der Waals surface area contributed by atoms with Crippen LogP contribution in [0.4, 0.5) is 0 Å². The Morgan fingerprint density at radius 2 is 1.86 bits per heavy atom. The van der Waals surface area contributed by atoms with E-state index in [0.29, 0.717) is 5.92 Å². The fourth-order valence-corrected chi connectivity index (χ4v) is 1.83. The molecule has 0 aromatic heterocycles. The molecule has 1 atom stereocenters. The molecule has 0 fully saturated rings. The van der Waals surface area contributed by atoms with E-state index in [1.165, 1.54) is 16.7 Å². The van der Waals surface area contributed by atoms with Gasteiger partial charge in [0.15, 0.2) is 0 Å². The Labute approximate surface area is 86.8 Å². The fraction of sp³-hybridized carbons (Fsp3) is 0.538. The molecule has 0 aliphatic heterocycles. The van der Waals surface area contributed by atoms with Crippen LogP contribution in [0, 0.1) is 19.8 Å². The zero-order valence-electron chi connectivity index (χ0n) is 9.54. The number of rotatable bonds is 3.